The zero-order valence-electron chi connectivity index (χ0n) is 13.2. The van der Waals surface area contributed by atoms with Gasteiger partial charge in [0.15, 0.2) is 6.10 Å². The van der Waals surface area contributed by atoms with Gasteiger partial charge in [0.25, 0.3) is 11.8 Å². The molecule has 0 saturated carbocycles. The van der Waals surface area contributed by atoms with Crippen LogP contribution in [0.15, 0.2) is 48.8 Å². The lowest BCUT2D eigenvalue weighted by Gasteiger charge is -2.15. The van der Waals surface area contributed by atoms with Crippen LogP contribution in [0, 0.1) is 5.82 Å². The minimum Gasteiger partial charge on any atom is -0.481 e. The predicted molar refractivity (Wildman–Crippen MR) is 88.2 cm³/mol. The third-order valence-corrected chi connectivity index (χ3v) is 3.48. The highest BCUT2D eigenvalue weighted by Crippen LogP contribution is 2.13. The Kier molecular flexibility index (Phi) is 4.60. The molecule has 0 aliphatic rings. The van der Waals surface area contributed by atoms with E-state index in [0.717, 1.165) is 5.52 Å². The minimum absolute atomic E-state index is 0.347. The van der Waals surface area contributed by atoms with Crippen LogP contribution in [0.3, 0.4) is 0 Å². The van der Waals surface area contributed by atoms with Gasteiger partial charge in [0, 0.05) is 5.56 Å². The number of halogens is 1. The fourth-order valence-electron chi connectivity index (χ4n) is 2.14. The summed E-state index contributed by atoms with van der Waals surface area (Å²) in [6.45, 7) is 1.52. The molecule has 0 aliphatic heterocycles. The Hall–Kier alpha value is -3.42. The first kappa shape index (κ1) is 16.4. The average Bonchev–Trinajstić information content (AvgIpc) is 3.08. The number of amides is 2. The van der Waals surface area contributed by atoms with Gasteiger partial charge in [-0.2, -0.15) is 0 Å². The maximum atomic E-state index is 12.8. The van der Waals surface area contributed by atoms with Crippen LogP contribution in [0.5, 0.6) is 5.75 Å². The number of imidazole rings is 1. The fraction of sp³-hybridized carbons (Fsp3) is 0.118. The van der Waals surface area contributed by atoms with Crippen molar-refractivity contribution in [3.05, 3.63) is 60.2 Å². The number of hydrogen-bond acceptors (Lipinski definition) is 4. The molecule has 0 spiro atoms. The number of rotatable bonds is 4. The Balaban J connectivity index is 1.55. The van der Waals surface area contributed by atoms with E-state index in [2.05, 4.69) is 20.8 Å². The number of carbonyl (C=O) groups is 2. The zero-order valence-corrected chi connectivity index (χ0v) is 13.2. The summed E-state index contributed by atoms with van der Waals surface area (Å²) >= 11 is 0. The van der Waals surface area contributed by atoms with Crippen molar-refractivity contribution in [1.82, 2.24) is 20.8 Å². The number of carbonyl (C=O) groups excluding carboxylic acids is 2. The van der Waals surface area contributed by atoms with Crippen LogP contribution in [0.4, 0.5) is 4.39 Å². The minimum atomic E-state index is -0.874. The number of ether oxygens (including phenoxy) is 1. The number of hydrazine groups is 1. The second-order valence-electron chi connectivity index (χ2n) is 5.29. The predicted octanol–water partition coefficient (Wildman–Crippen LogP) is 1.93. The van der Waals surface area contributed by atoms with Crippen LogP contribution in [-0.4, -0.2) is 27.9 Å². The molecule has 2 amide bonds. The second-order valence-corrected chi connectivity index (χ2v) is 5.29. The number of benzene rings is 2. The summed E-state index contributed by atoms with van der Waals surface area (Å²) in [6.07, 6.45) is 0.656. The van der Waals surface area contributed by atoms with Gasteiger partial charge in [0.1, 0.15) is 11.6 Å². The van der Waals surface area contributed by atoms with E-state index in [-0.39, 0.29) is 0 Å². The highest BCUT2D eigenvalue weighted by Gasteiger charge is 2.16. The highest BCUT2D eigenvalue weighted by molar-refractivity contribution is 5.98. The molecule has 3 aromatic rings. The van der Waals surface area contributed by atoms with Gasteiger partial charge in [0.05, 0.1) is 17.4 Å². The lowest BCUT2D eigenvalue weighted by molar-refractivity contribution is -0.128. The summed E-state index contributed by atoms with van der Waals surface area (Å²) in [7, 11) is 0. The van der Waals surface area contributed by atoms with Crippen molar-refractivity contribution in [1.29, 1.82) is 0 Å². The van der Waals surface area contributed by atoms with Crippen LogP contribution in [-0.2, 0) is 4.79 Å². The molecule has 0 radical (unpaired) electrons. The van der Waals surface area contributed by atoms with Crippen LogP contribution in [0.25, 0.3) is 11.0 Å². The SMILES string of the molecule is C[C@H](Oc1ccc(F)cc1)C(=O)NNC(=O)c1ccc2nc[nH]c2c1. The molecule has 1 aromatic heterocycles. The van der Waals surface area contributed by atoms with Gasteiger partial charge in [-0.1, -0.05) is 0 Å². The molecule has 7 nitrogen and oxygen atoms in total. The van der Waals surface area contributed by atoms with Gasteiger partial charge in [-0.05, 0) is 49.4 Å². The molecule has 8 heteroatoms. The van der Waals surface area contributed by atoms with E-state index >= 15 is 0 Å². The van der Waals surface area contributed by atoms with Crippen molar-refractivity contribution < 1.29 is 18.7 Å². The molecule has 25 heavy (non-hydrogen) atoms. The van der Waals surface area contributed by atoms with Gasteiger partial charge in [-0.3, -0.25) is 20.4 Å². The quantitative estimate of drug-likeness (QED) is 0.631. The first-order chi connectivity index (χ1) is 12.0. The Morgan fingerprint density at radius 2 is 1.92 bits per heavy atom. The maximum absolute atomic E-state index is 12.8. The lowest BCUT2D eigenvalue weighted by atomic mass is 10.2. The van der Waals surface area contributed by atoms with Gasteiger partial charge < -0.3 is 9.72 Å². The number of aromatic amines is 1. The number of H-pyrrole nitrogens is 1. The summed E-state index contributed by atoms with van der Waals surface area (Å²) in [5, 5.41) is 0. The van der Waals surface area contributed by atoms with Crippen molar-refractivity contribution in [2.45, 2.75) is 13.0 Å². The number of fused-ring (bicyclic) bond motifs is 1. The molecule has 1 atom stereocenters. The number of aromatic nitrogens is 2. The zero-order chi connectivity index (χ0) is 17.8. The van der Waals surface area contributed by atoms with Crippen molar-refractivity contribution in [2.24, 2.45) is 0 Å². The average molecular weight is 342 g/mol. The summed E-state index contributed by atoms with van der Waals surface area (Å²) < 4.78 is 18.2. The summed E-state index contributed by atoms with van der Waals surface area (Å²) in [4.78, 5) is 31.0. The second kappa shape index (κ2) is 7.00. The molecule has 0 saturated heterocycles. The third kappa shape index (κ3) is 3.92. The largest absolute Gasteiger partial charge is 0.481 e. The Morgan fingerprint density at radius 3 is 2.68 bits per heavy atom. The smallest absolute Gasteiger partial charge is 0.279 e. The van der Waals surface area contributed by atoms with Crippen LogP contribution in [0.1, 0.15) is 17.3 Å². The Morgan fingerprint density at radius 1 is 1.16 bits per heavy atom. The molecular weight excluding hydrogens is 327 g/mol. The monoisotopic (exact) mass is 342 g/mol. The number of hydrogen-bond donors (Lipinski definition) is 3. The van der Waals surface area contributed by atoms with Gasteiger partial charge in [-0.15, -0.1) is 0 Å². The van der Waals surface area contributed by atoms with Crippen molar-refractivity contribution >= 4 is 22.8 Å². The molecule has 2 aromatic carbocycles. The van der Waals surface area contributed by atoms with Gasteiger partial charge in [0.2, 0.25) is 0 Å². The van der Waals surface area contributed by atoms with Gasteiger partial charge >= 0.3 is 0 Å². The highest BCUT2D eigenvalue weighted by atomic mass is 19.1. The summed E-state index contributed by atoms with van der Waals surface area (Å²) in [5.74, 6) is -1.06. The molecule has 1 heterocycles. The van der Waals surface area contributed by atoms with Crippen molar-refractivity contribution in [3.8, 4) is 5.75 Å². The number of nitrogens with one attached hydrogen (secondary N) is 3. The standard InChI is InChI=1S/C17H15FN4O3/c1-10(25-13-5-3-12(18)4-6-13)16(23)21-22-17(24)11-2-7-14-15(8-11)20-9-19-14/h2-10H,1H3,(H,19,20)(H,21,23)(H,22,24)/t10-/m0/s1. The molecule has 0 unspecified atom stereocenters. The Bertz CT molecular complexity index is 908. The fourth-order valence-corrected chi connectivity index (χ4v) is 2.14. The van der Waals surface area contributed by atoms with E-state index in [4.69, 9.17) is 4.74 Å². The van der Waals surface area contributed by atoms with Gasteiger partial charge in [-0.25, -0.2) is 9.37 Å². The molecular formula is C17H15FN4O3. The lowest BCUT2D eigenvalue weighted by Crippen LogP contribution is -2.47. The molecule has 0 bridgehead atoms. The van der Waals surface area contributed by atoms with E-state index in [1.165, 1.54) is 37.5 Å². The summed E-state index contributed by atoms with van der Waals surface area (Å²) in [6, 6.07) is 10.2. The number of nitrogens with zero attached hydrogens (tertiary/aromatic N) is 1. The van der Waals surface area contributed by atoms with E-state index in [1.807, 2.05) is 0 Å². The van der Waals surface area contributed by atoms with E-state index in [9.17, 15) is 14.0 Å². The third-order valence-electron chi connectivity index (χ3n) is 3.48. The van der Waals surface area contributed by atoms with Crippen molar-refractivity contribution in [2.75, 3.05) is 0 Å². The molecule has 3 N–H and O–H groups in total. The topological polar surface area (TPSA) is 96.1 Å². The Labute approximate surface area is 142 Å². The molecule has 128 valence electrons. The van der Waals surface area contributed by atoms with E-state index < -0.39 is 23.7 Å². The molecule has 0 aliphatic carbocycles. The van der Waals surface area contributed by atoms with Crippen LogP contribution < -0.4 is 15.6 Å². The first-order valence-corrected chi connectivity index (χ1v) is 7.48. The van der Waals surface area contributed by atoms with Crippen LogP contribution >= 0.6 is 0 Å². The summed E-state index contributed by atoms with van der Waals surface area (Å²) in [5.41, 5.74) is 6.43. The van der Waals surface area contributed by atoms with Crippen molar-refractivity contribution in [3.63, 3.8) is 0 Å². The van der Waals surface area contributed by atoms with E-state index in [0.29, 0.717) is 16.8 Å². The maximum Gasteiger partial charge on any atom is 0.279 e. The van der Waals surface area contributed by atoms with E-state index in [1.54, 1.807) is 18.2 Å². The first-order valence-electron chi connectivity index (χ1n) is 7.48. The molecule has 0 fully saturated rings. The normalized spacial score (nSPS) is 11.8. The molecule has 3 rings (SSSR count). The van der Waals surface area contributed by atoms with Crippen LogP contribution in [0.2, 0.25) is 0 Å².